The summed E-state index contributed by atoms with van der Waals surface area (Å²) in [4.78, 5) is 33.7. The Morgan fingerprint density at radius 1 is 1.00 bits per heavy atom. The Morgan fingerprint density at radius 3 is 2.36 bits per heavy atom. The average molecular weight is 186 g/mol. The lowest BCUT2D eigenvalue weighted by Crippen LogP contribution is -2.29. The molecule has 0 heterocycles. The molecule has 14 heavy (non-hydrogen) atoms. The van der Waals surface area contributed by atoms with Crippen molar-refractivity contribution in [1.29, 1.82) is 0 Å². The van der Waals surface area contributed by atoms with Crippen LogP contribution in [0.15, 0.2) is 39.2 Å². The standard InChI is InChI=1S/C11H6O3/c1-2-6-4-3-5-7-8(6)10(13)11(14)9(7)12/h2-5H,1H2. The van der Waals surface area contributed by atoms with Gasteiger partial charge in [-0.15, -0.1) is 0 Å². The summed E-state index contributed by atoms with van der Waals surface area (Å²) in [6, 6.07) is 4.75. The number of benzene rings is 1. The molecule has 0 spiro atoms. The predicted molar refractivity (Wildman–Crippen MR) is 55.2 cm³/mol. The van der Waals surface area contributed by atoms with Gasteiger partial charge in [0.2, 0.25) is 10.9 Å². The molecule has 0 atom stereocenters. The highest BCUT2D eigenvalue weighted by molar-refractivity contribution is 5.91. The first kappa shape index (κ1) is 8.56. The number of hydrogen-bond acceptors (Lipinski definition) is 3. The van der Waals surface area contributed by atoms with Crippen molar-refractivity contribution in [3.8, 4) is 0 Å². The van der Waals surface area contributed by atoms with E-state index in [4.69, 9.17) is 0 Å². The molecule has 0 aliphatic rings. The SMILES string of the molecule is C=Cc1cccc2c(=O)c(=O)c(=O)c12. The van der Waals surface area contributed by atoms with Gasteiger partial charge in [0, 0.05) is 10.8 Å². The van der Waals surface area contributed by atoms with Crippen LogP contribution in [-0.4, -0.2) is 0 Å². The second-order valence-electron chi connectivity index (χ2n) is 2.96. The zero-order valence-corrected chi connectivity index (χ0v) is 7.24. The lowest BCUT2D eigenvalue weighted by atomic mass is 10.1. The van der Waals surface area contributed by atoms with Gasteiger partial charge in [-0.1, -0.05) is 30.9 Å². The molecule has 3 nitrogen and oxygen atoms in total. The van der Waals surface area contributed by atoms with E-state index in [2.05, 4.69) is 6.58 Å². The first-order valence-corrected chi connectivity index (χ1v) is 4.05. The molecule has 0 fully saturated rings. The van der Waals surface area contributed by atoms with Crippen molar-refractivity contribution >= 4 is 16.8 Å². The largest absolute Gasteiger partial charge is 0.285 e. The van der Waals surface area contributed by atoms with Crippen molar-refractivity contribution in [2.24, 2.45) is 0 Å². The fourth-order valence-electron chi connectivity index (χ4n) is 1.52. The van der Waals surface area contributed by atoms with Gasteiger partial charge < -0.3 is 0 Å². The molecule has 0 amide bonds. The third-order valence-corrected chi connectivity index (χ3v) is 2.20. The molecule has 2 aromatic carbocycles. The Labute approximate surface area is 78.6 Å². The van der Waals surface area contributed by atoms with Crippen molar-refractivity contribution in [2.75, 3.05) is 0 Å². The van der Waals surface area contributed by atoms with Crippen LogP contribution in [0.5, 0.6) is 0 Å². The van der Waals surface area contributed by atoms with Crippen molar-refractivity contribution < 1.29 is 0 Å². The third-order valence-electron chi connectivity index (χ3n) is 2.20. The normalized spacial score (nSPS) is 10.6. The molecule has 0 saturated heterocycles. The van der Waals surface area contributed by atoms with E-state index in [0.717, 1.165) is 0 Å². The molecular formula is C11H6O3. The van der Waals surface area contributed by atoms with Crippen LogP contribution in [0.3, 0.4) is 0 Å². The summed E-state index contributed by atoms with van der Waals surface area (Å²) in [5.74, 6) is 0. The van der Waals surface area contributed by atoms with E-state index in [9.17, 15) is 14.4 Å². The van der Waals surface area contributed by atoms with E-state index < -0.39 is 16.3 Å². The van der Waals surface area contributed by atoms with Gasteiger partial charge in [0.1, 0.15) is 0 Å². The highest BCUT2D eigenvalue weighted by Gasteiger charge is 2.13. The van der Waals surface area contributed by atoms with Crippen LogP contribution in [0.4, 0.5) is 0 Å². The summed E-state index contributed by atoms with van der Waals surface area (Å²) in [5.41, 5.74) is -1.85. The Kier molecular flexibility index (Phi) is 1.67. The van der Waals surface area contributed by atoms with Crippen molar-refractivity contribution in [3.63, 3.8) is 0 Å². The minimum atomic E-state index is -0.950. The maximum Gasteiger partial charge on any atom is 0.274 e. The summed E-state index contributed by atoms with van der Waals surface area (Å²) in [5, 5.41) is 0.384. The monoisotopic (exact) mass is 186 g/mol. The smallest absolute Gasteiger partial charge is 0.274 e. The molecule has 0 aliphatic heterocycles. The minimum Gasteiger partial charge on any atom is -0.285 e. The fraction of sp³-hybridized carbons (Fsp3) is 0. The van der Waals surface area contributed by atoms with Crippen molar-refractivity contribution in [1.82, 2.24) is 0 Å². The Hall–Kier alpha value is -2.03. The molecule has 0 N–H and O–H groups in total. The summed E-state index contributed by atoms with van der Waals surface area (Å²) in [6.45, 7) is 3.52. The topological polar surface area (TPSA) is 51.2 Å². The zero-order chi connectivity index (χ0) is 10.3. The van der Waals surface area contributed by atoms with E-state index in [1.165, 1.54) is 12.1 Å². The van der Waals surface area contributed by atoms with Gasteiger partial charge in [-0.25, -0.2) is 0 Å². The first-order valence-electron chi connectivity index (χ1n) is 4.05. The van der Waals surface area contributed by atoms with Gasteiger partial charge in [0.25, 0.3) is 5.43 Å². The molecule has 0 radical (unpaired) electrons. The minimum absolute atomic E-state index is 0.192. The van der Waals surface area contributed by atoms with Crippen molar-refractivity contribution in [3.05, 3.63) is 61.0 Å². The number of rotatable bonds is 1. The summed E-state index contributed by atoms with van der Waals surface area (Å²) >= 11 is 0. The lowest BCUT2D eigenvalue weighted by Gasteiger charge is -1.92. The van der Waals surface area contributed by atoms with E-state index >= 15 is 0 Å². The molecular weight excluding hydrogens is 180 g/mol. The van der Waals surface area contributed by atoms with Crippen LogP contribution in [0.2, 0.25) is 0 Å². The highest BCUT2D eigenvalue weighted by Crippen LogP contribution is 2.11. The van der Waals surface area contributed by atoms with Gasteiger partial charge >= 0.3 is 0 Å². The van der Waals surface area contributed by atoms with E-state index in [0.29, 0.717) is 5.56 Å². The van der Waals surface area contributed by atoms with Gasteiger partial charge in [-0.05, 0) is 5.56 Å². The quantitative estimate of drug-likeness (QED) is 0.607. The Balaban J connectivity index is 3.27. The number of hydrogen-bond donors (Lipinski definition) is 0. The van der Waals surface area contributed by atoms with Gasteiger partial charge in [0.15, 0.2) is 0 Å². The van der Waals surface area contributed by atoms with E-state index in [-0.39, 0.29) is 10.8 Å². The second-order valence-corrected chi connectivity index (χ2v) is 2.96. The Morgan fingerprint density at radius 2 is 1.71 bits per heavy atom. The molecule has 0 aliphatic carbocycles. The number of fused-ring (bicyclic) bond motifs is 1. The highest BCUT2D eigenvalue weighted by atomic mass is 16.2. The summed E-state index contributed by atoms with van der Waals surface area (Å²) in [6.07, 6.45) is 1.46. The van der Waals surface area contributed by atoms with E-state index in [1.54, 1.807) is 12.1 Å². The average Bonchev–Trinajstić information content (AvgIpc) is 2.44. The third kappa shape index (κ3) is 0.893. The molecule has 0 unspecified atom stereocenters. The lowest BCUT2D eigenvalue weighted by molar-refractivity contribution is 1.55. The van der Waals surface area contributed by atoms with Gasteiger partial charge in [-0.3, -0.25) is 14.4 Å². The summed E-state index contributed by atoms with van der Waals surface area (Å²) < 4.78 is 0. The second kappa shape index (κ2) is 2.73. The van der Waals surface area contributed by atoms with Crippen LogP contribution >= 0.6 is 0 Å². The van der Waals surface area contributed by atoms with Crippen LogP contribution in [0.1, 0.15) is 5.56 Å². The molecule has 0 bridgehead atoms. The predicted octanol–water partition coefficient (Wildman–Crippen LogP) is 0.439. The molecule has 0 aromatic heterocycles. The first-order chi connectivity index (χ1) is 6.66. The van der Waals surface area contributed by atoms with Gasteiger partial charge in [-0.2, -0.15) is 0 Å². The maximum atomic E-state index is 11.4. The van der Waals surface area contributed by atoms with E-state index in [1.807, 2.05) is 0 Å². The van der Waals surface area contributed by atoms with Crippen LogP contribution in [0, 0.1) is 0 Å². The molecule has 2 aromatic rings. The fourth-order valence-corrected chi connectivity index (χ4v) is 1.52. The van der Waals surface area contributed by atoms with Crippen LogP contribution < -0.4 is 16.3 Å². The molecule has 3 heteroatoms. The zero-order valence-electron chi connectivity index (χ0n) is 7.24. The molecule has 2 rings (SSSR count). The molecule has 68 valence electrons. The van der Waals surface area contributed by atoms with Crippen LogP contribution in [-0.2, 0) is 0 Å². The Bertz CT molecular complexity index is 658. The summed E-state index contributed by atoms with van der Waals surface area (Å²) in [7, 11) is 0. The van der Waals surface area contributed by atoms with Gasteiger partial charge in [0.05, 0.1) is 0 Å². The van der Waals surface area contributed by atoms with Crippen molar-refractivity contribution in [2.45, 2.75) is 0 Å². The van der Waals surface area contributed by atoms with Crippen LogP contribution in [0.25, 0.3) is 16.8 Å². The maximum absolute atomic E-state index is 11.4. The molecule has 0 saturated carbocycles.